The second kappa shape index (κ2) is 11.4. The first-order valence-corrected chi connectivity index (χ1v) is 12.7. The monoisotopic (exact) mass is 529 g/mol. The van der Waals surface area contributed by atoms with Crippen LogP contribution in [-0.2, 0) is 11.3 Å². The Kier molecular flexibility index (Phi) is 7.62. The van der Waals surface area contributed by atoms with E-state index >= 15 is 0 Å². The zero-order chi connectivity index (χ0) is 27.4. The van der Waals surface area contributed by atoms with Gasteiger partial charge in [0.15, 0.2) is 11.6 Å². The minimum Gasteiger partial charge on any atom is -0.494 e. The molecule has 0 saturated heterocycles. The molecule has 9 nitrogen and oxygen atoms in total. The lowest BCUT2D eigenvalue weighted by Crippen LogP contribution is -2.25. The van der Waals surface area contributed by atoms with Gasteiger partial charge >= 0.3 is 0 Å². The Labute approximate surface area is 224 Å². The number of hydrazone groups is 1. The van der Waals surface area contributed by atoms with Crippen LogP contribution in [-0.4, -0.2) is 40.1 Å². The summed E-state index contributed by atoms with van der Waals surface area (Å²) in [5.41, 5.74) is 6.60. The van der Waals surface area contributed by atoms with E-state index in [4.69, 9.17) is 9.47 Å². The van der Waals surface area contributed by atoms with E-state index in [-0.39, 0.29) is 23.8 Å². The predicted molar refractivity (Wildman–Crippen MR) is 146 cm³/mol. The first kappa shape index (κ1) is 26.0. The maximum atomic E-state index is 14.6. The number of aryl methyl sites for hydroxylation is 2. The Hall–Kier alpha value is -4.60. The Balaban J connectivity index is 1.22. The molecule has 1 N–H and O–H groups in total. The molecule has 4 aromatic rings. The van der Waals surface area contributed by atoms with Gasteiger partial charge in [0.05, 0.1) is 25.1 Å². The van der Waals surface area contributed by atoms with Crippen molar-refractivity contribution in [1.82, 2.24) is 20.2 Å². The quantitative estimate of drug-likeness (QED) is 0.322. The second-order valence-electron chi connectivity index (χ2n) is 9.24. The van der Waals surface area contributed by atoms with E-state index in [1.807, 2.05) is 31.2 Å². The van der Waals surface area contributed by atoms with Gasteiger partial charge in [0.2, 0.25) is 5.91 Å². The lowest BCUT2D eigenvalue weighted by Gasteiger charge is -2.13. The van der Waals surface area contributed by atoms with Gasteiger partial charge in [0.1, 0.15) is 11.3 Å². The number of benzene rings is 2. The lowest BCUT2D eigenvalue weighted by atomic mass is 10.0. The van der Waals surface area contributed by atoms with Crippen LogP contribution >= 0.6 is 0 Å². The van der Waals surface area contributed by atoms with Crippen molar-refractivity contribution >= 4 is 22.5 Å². The predicted octanol–water partition coefficient (Wildman–Crippen LogP) is 4.39. The number of nitrogens with one attached hydrogen (secondary N) is 1. The highest BCUT2D eigenvalue weighted by Crippen LogP contribution is 2.32. The van der Waals surface area contributed by atoms with E-state index in [2.05, 4.69) is 20.6 Å². The Morgan fingerprint density at radius 1 is 1.00 bits per heavy atom. The second-order valence-corrected chi connectivity index (χ2v) is 9.24. The van der Waals surface area contributed by atoms with E-state index in [0.29, 0.717) is 54.9 Å². The van der Waals surface area contributed by atoms with Gasteiger partial charge in [-0.2, -0.15) is 10.2 Å². The van der Waals surface area contributed by atoms with Crippen molar-refractivity contribution in [2.75, 3.05) is 13.7 Å². The van der Waals surface area contributed by atoms with Crippen LogP contribution < -0.4 is 20.5 Å². The smallest absolute Gasteiger partial charge is 0.266 e. The summed E-state index contributed by atoms with van der Waals surface area (Å²) in [6, 6.07) is 15.6. The van der Waals surface area contributed by atoms with Crippen LogP contribution in [0, 0.1) is 12.7 Å². The summed E-state index contributed by atoms with van der Waals surface area (Å²) in [5.74, 6) is 0.179. The number of unbranched alkanes of at least 4 members (excludes halogenated alkanes) is 1. The number of hydrogen-bond donors (Lipinski definition) is 1. The zero-order valence-electron chi connectivity index (χ0n) is 21.7. The molecule has 0 aliphatic carbocycles. The van der Waals surface area contributed by atoms with Gasteiger partial charge in [0.25, 0.3) is 5.56 Å². The molecule has 1 aliphatic rings. The molecule has 0 saturated carbocycles. The van der Waals surface area contributed by atoms with Crippen molar-refractivity contribution in [1.29, 1.82) is 0 Å². The van der Waals surface area contributed by atoms with Crippen molar-refractivity contribution in [3.8, 4) is 22.8 Å². The van der Waals surface area contributed by atoms with Crippen LogP contribution in [0.1, 0.15) is 36.9 Å². The number of aromatic nitrogens is 3. The lowest BCUT2D eigenvalue weighted by molar-refractivity contribution is -0.121. The van der Waals surface area contributed by atoms with Gasteiger partial charge in [-0.25, -0.2) is 19.5 Å². The SMILES string of the molecule is COc1ccc(-c2ccc(=O)n(CCCCOc3ccc(C4=NNC(=O)CC4)cc3F)n2)c2ccc(C)nc12. The van der Waals surface area contributed by atoms with Crippen molar-refractivity contribution in [3.05, 3.63) is 82.0 Å². The van der Waals surface area contributed by atoms with Crippen molar-refractivity contribution < 1.29 is 18.7 Å². The number of carbonyl (C=O) groups excluding carboxylic acids is 1. The minimum absolute atomic E-state index is 0.145. The average Bonchev–Trinajstić information content (AvgIpc) is 2.94. The first-order chi connectivity index (χ1) is 18.9. The fourth-order valence-corrected chi connectivity index (χ4v) is 4.46. The third-order valence-electron chi connectivity index (χ3n) is 6.51. The summed E-state index contributed by atoms with van der Waals surface area (Å²) >= 11 is 0. The molecule has 0 fully saturated rings. The molecule has 2 aromatic heterocycles. The molecule has 0 unspecified atom stereocenters. The average molecular weight is 530 g/mol. The molecule has 5 rings (SSSR count). The number of fused-ring (bicyclic) bond motifs is 1. The van der Waals surface area contributed by atoms with E-state index in [1.54, 1.807) is 25.3 Å². The topological polar surface area (TPSA) is 108 Å². The van der Waals surface area contributed by atoms with E-state index in [9.17, 15) is 14.0 Å². The Morgan fingerprint density at radius 3 is 2.62 bits per heavy atom. The Morgan fingerprint density at radius 2 is 1.85 bits per heavy atom. The number of halogens is 1. The number of nitrogens with zero attached hydrogens (tertiary/aromatic N) is 4. The number of methoxy groups -OCH3 is 1. The first-order valence-electron chi connectivity index (χ1n) is 12.7. The van der Waals surface area contributed by atoms with Crippen molar-refractivity contribution in [2.24, 2.45) is 5.10 Å². The van der Waals surface area contributed by atoms with Crippen LogP contribution in [0.15, 0.2) is 64.5 Å². The molecule has 39 heavy (non-hydrogen) atoms. The number of amides is 1. The number of carbonyl (C=O) groups is 1. The maximum absolute atomic E-state index is 14.6. The molecule has 0 bridgehead atoms. The van der Waals surface area contributed by atoms with Gasteiger partial charge in [-0.1, -0.05) is 6.07 Å². The maximum Gasteiger partial charge on any atom is 0.266 e. The van der Waals surface area contributed by atoms with Crippen LogP contribution in [0.5, 0.6) is 11.5 Å². The highest BCUT2D eigenvalue weighted by molar-refractivity contribution is 6.04. The van der Waals surface area contributed by atoms with Crippen LogP contribution in [0.4, 0.5) is 4.39 Å². The number of pyridine rings is 1. The number of rotatable bonds is 9. The van der Waals surface area contributed by atoms with E-state index in [0.717, 1.165) is 22.2 Å². The zero-order valence-corrected chi connectivity index (χ0v) is 21.7. The fourth-order valence-electron chi connectivity index (χ4n) is 4.46. The van der Waals surface area contributed by atoms with Crippen molar-refractivity contribution in [3.63, 3.8) is 0 Å². The summed E-state index contributed by atoms with van der Waals surface area (Å²) in [6.07, 6.45) is 2.02. The molecular weight excluding hydrogens is 501 g/mol. The third kappa shape index (κ3) is 5.79. The summed E-state index contributed by atoms with van der Waals surface area (Å²) in [6.45, 7) is 2.61. The van der Waals surface area contributed by atoms with Gasteiger partial charge in [-0.05, 0) is 62.2 Å². The van der Waals surface area contributed by atoms with Crippen molar-refractivity contribution in [2.45, 2.75) is 39.2 Å². The fraction of sp³-hybridized carbons (Fsp3) is 0.276. The molecule has 1 aliphatic heterocycles. The Bertz CT molecular complexity index is 1630. The largest absolute Gasteiger partial charge is 0.494 e. The molecule has 0 atom stereocenters. The summed E-state index contributed by atoms with van der Waals surface area (Å²) < 4.78 is 27.1. The summed E-state index contributed by atoms with van der Waals surface area (Å²) in [5, 5.41) is 9.48. The molecule has 10 heteroatoms. The molecule has 3 heterocycles. The van der Waals surface area contributed by atoms with E-state index in [1.165, 1.54) is 16.8 Å². The summed E-state index contributed by atoms with van der Waals surface area (Å²) in [4.78, 5) is 28.4. The normalized spacial score (nSPS) is 13.2. The van der Waals surface area contributed by atoms with Crippen LogP contribution in [0.2, 0.25) is 0 Å². The van der Waals surface area contributed by atoms with Gasteiger partial charge in [-0.15, -0.1) is 0 Å². The van der Waals surface area contributed by atoms with Gasteiger partial charge in [-0.3, -0.25) is 9.59 Å². The summed E-state index contributed by atoms with van der Waals surface area (Å²) in [7, 11) is 1.61. The van der Waals surface area contributed by atoms with Crippen LogP contribution in [0.25, 0.3) is 22.2 Å². The number of hydrogen-bond acceptors (Lipinski definition) is 7. The highest BCUT2D eigenvalue weighted by Gasteiger charge is 2.16. The van der Waals surface area contributed by atoms with Gasteiger partial charge in [0, 0.05) is 47.7 Å². The molecular formula is C29H28FN5O4. The van der Waals surface area contributed by atoms with E-state index < -0.39 is 5.82 Å². The van der Waals surface area contributed by atoms with Crippen LogP contribution in [0.3, 0.4) is 0 Å². The standard InChI is InChI=1S/C29H28FN5O4/c1-18-5-7-21-20(8-12-26(38-2)29(21)31-18)24-10-14-28(37)35(34-24)15-3-4-16-39-25-11-6-19(17-22(25)30)23-9-13-27(36)33-32-23/h5-8,10-12,14,17H,3-4,9,13,15-16H2,1-2H3,(H,33,36). The minimum atomic E-state index is -0.492. The molecule has 0 radical (unpaired) electrons. The molecule has 200 valence electrons. The molecule has 0 spiro atoms. The highest BCUT2D eigenvalue weighted by atomic mass is 19.1. The molecule has 1 amide bonds. The third-order valence-corrected chi connectivity index (χ3v) is 6.51. The number of ether oxygens (including phenoxy) is 2. The molecule has 2 aromatic carbocycles. The van der Waals surface area contributed by atoms with Gasteiger partial charge < -0.3 is 9.47 Å².